The van der Waals surface area contributed by atoms with Gasteiger partial charge in [-0.1, -0.05) is 66.2 Å². The Labute approximate surface area is 296 Å². The first-order valence-electron chi connectivity index (χ1n) is 17.4. The minimum Gasteiger partial charge on any atom is -0.383 e. The van der Waals surface area contributed by atoms with Crippen molar-refractivity contribution in [2.75, 3.05) is 45.3 Å². The highest BCUT2D eigenvalue weighted by atomic mass is 19.1. The number of pyridine rings is 2. The average Bonchev–Trinajstić information content (AvgIpc) is 3.14. The number of aromatic nitrogens is 2. The molecule has 5 aromatic rings. The number of hydrogen-bond acceptors (Lipinski definition) is 7. The zero-order chi connectivity index (χ0) is 35.5. The molecule has 2 fully saturated rings. The summed E-state index contributed by atoms with van der Waals surface area (Å²) in [5, 5.41) is 0. The largest absolute Gasteiger partial charge is 0.383 e. The van der Waals surface area contributed by atoms with Gasteiger partial charge in [-0.15, -0.1) is 0 Å². The number of ether oxygens (including phenoxy) is 2. The van der Waals surface area contributed by atoms with E-state index in [-0.39, 0.29) is 11.4 Å². The van der Waals surface area contributed by atoms with Gasteiger partial charge in [-0.25, -0.2) is 9.37 Å². The van der Waals surface area contributed by atoms with Gasteiger partial charge < -0.3 is 25.5 Å². The Morgan fingerprint density at radius 2 is 1.47 bits per heavy atom. The van der Waals surface area contributed by atoms with Crippen molar-refractivity contribution in [2.45, 2.75) is 32.9 Å². The van der Waals surface area contributed by atoms with Crippen LogP contribution in [0, 0.1) is 18.7 Å². The van der Waals surface area contributed by atoms with Crippen molar-refractivity contribution in [3.8, 4) is 44.6 Å². The SMILES string of the molecule is Cc1ccc(-c2cn(CC3CCOCC3)c(-c3ccc(-c4cc(-c5ccc(CN6CCOCC6)c(F)c5)cnc4N)cc3)c(C(N)=O)c2=O)cc1. The third-order valence-electron chi connectivity index (χ3n) is 9.96. The first-order chi connectivity index (χ1) is 24.7. The Morgan fingerprint density at radius 1 is 0.843 bits per heavy atom. The maximum absolute atomic E-state index is 15.3. The number of carbonyl (C=O) groups excluding carboxylic acids is 1. The number of primary amides is 1. The third kappa shape index (κ3) is 7.49. The predicted octanol–water partition coefficient (Wildman–Crippen LogP) is 6.30. The summed E-state index contributed by atoms with van der Waals surface area (Å²) >= 11 is 0. The van der Waals surface area contributed by atoms with E-state index in [4.69, 9.17) is 20.9 Å². The number of halogens is 1. The van der Waals surface area contributed by atoms with Gasteiger partial charge in [0.25, 0.3) is 5.91 Å². The van der Waals surface area contributed by atoms with Crippen LogP contribution in [0.15, 0.2) is 90.0 Å². The lowest BCUT2D eigenvalue weighted by atomic mass is 9.94. The van der Waals surface area contributed by atoms with Crippen LogP contribution in [0.2, 0.25) is 0 Å². The van der Waals surface area contributed by atoms with E-state index >= 15 is 4.39 Å². The van der Waals surface area contributed by atoms with Crippen LogP contribution in [0.3, 0.4) is 0 Å². The Morgan fingerprint density at radius 3 is 2.16 bits per heavy atom. The first-order valence-corrected chi connectivity index (χ1v) is 17.4. The van der Waals surface area contributed by atoms with E-state index in [1.165, 1.54) is 0 Å². The van der Waals surface area contributed by atoms with E-state index in [2.05, 4.69) is 9.88 Å². The second kappa shape index (κ2) is 15.0. The zero-order valence-electron chi connectivity index (χ0n) is 28.7. The summed E-state index contributed by atoms with van der Waals surface area (Å²) in [6.45, 7) is 7.32. The molecular weight excluding hydrogens is 645 g/mol. The molecule has 0 saturated carbocycles. The summed E-state index contributed by atoms with van der Waals surface area (Å²) in [5.74, 6) is -0.421. The lowest BCUT2D eigenvalue weighted by Crippen LogP contribution is -2.35. The Bertz CT molecular complexity index is 2100. The molecule has 4 heterocycles. The standard InChI is InChI=1S/C41H42FN5O4/c1-26-2-4-29(5-3-26)35-25-47(23-27-12-16-50-17-13-27)38(37(39(35)48)41(44)49)30-8-6-28(7-9-30)34-20-33(22-45-40(34)43)31-10-11-32(36(42)21-31)24-46-14-18-51-19-15-46/h2-11,20-22,25,27H,12-19,23-24H2,1H3,(H2,43,45)(H2,44,49). The molecular formula is C41H42FN5O4. The fraction of sp³-hybridized carbons (Fsp3) is 0.293. The molecule has 0 radical (unpaired) electrons. The summed E-state index contributed by atoms with van der Waals surface area (Å²) in [4.78, 5) is 33.7. The van der Waals surface area contributed by atoms with Crippen LogP contribution in [0.1, 0.15) is 34.3 Å². The second-order valence-corrected chi connectivity index (χ2v) is 13.5. The molecule has 7 rings (SSSR count). The number of aryl methyl sites for hydroxylation is 1. The molecule has 2 aromatic heterocycles. The average molecular weight is 688 g/mol. The van der Waals surface area contributed by atoms with Gasteiger partial charge in [0.15, 0.2) is 0 Å². The smallest absolute Gasteiger partial charge is 0.254 e. The normalized spacial score (nSPS) is 15.6. The van der Waals surface area contributed by atoms with E-state index in [0.29, 0.717) is 84.8 Å². The highest BCUT2D eigenvalue weighted by molar-refractivity contribution is 6.00. The number of hydrogen-bond donors (Lipinski definition) is 2. The molecule has 0 atom stereocenters. The van der Waals surface area contributed by atoms with Crippen LogP contribution in [0.4, 0.5) is 10.2 Å². The second-order valence-electron chi connectivity index (χ2n) is 13.5. The monoisotopic (exact) mass is 687 g/mol. The van der Waals surface area contributed by atoms with Crippen molar-refractivity contribution in [3.05, 3.63) is 118 Å². The van der Waals surface area contributed by atoms with Gasteiger partial charge in [0.2, 0.25) is 5.43 Å². The Balaban J connectivity index is 1.24. The van der Waals surface area contributed by atoms with Crippen molar-refractivity contribution in [3.63, 3.8) is 0 Å². The summed E-state index contributed by atoms with van der Waals surface area (Å²) in [6.07, 6.45) is 5.25. The van der Waals surface area contributed by atoms with Crippen LogP contribution in [-0.4, -0.2) is 59.9 Å². The minimum absolute atomic E-state index is 0.0462. The quantitative estimate of drug-likeness (QED) is 0.186. The number of carbonyl (C=O) groups is 1. The molecule has 0 unspecified atom stereocenters. The summed E-state index contributed by atoms with van der Waals surface area (Å²) in [5.41, 5.74) is 18.8. The fourth-order valence-electron chi connectivity index (χ4n) is 7.02. The van der Waals surface area contributed by atoms with Crippen LogP contribution in [0.25, 0.3) is 44.6 Å². The zero-order valence-corrected chi connectivity index (χ0v) is 28.7. The van der Waals surface area contributed by atoms with Crippen molar-refractivity contribution >= 4 is 11.7 Å². The fourth-order valence-corrected chi connectivity index (χ4v) is 7.02. The van der Waals surface area contributed by atoms with Gasteiger partial charge in [-0.3, -0.25) is 14.5 Å². The number of anilines is 1. The summed E-state index contributed by atoms with van der Waals surface area (Å²) in [7, 11) is 0. The number of morpholine rings is 1. The first kappa shape index (κ1) is 34.3. The lowest BCUT2D eigenvalue weighted by Gasteiger charge is -2.26. The van der Waals surface area contributed by atoms with Crippen LogP contribution < -0.4 is 16.9 Å². The van der Waals surface area contributed by atoms with Crippen molar-refractivity contribution in [1.29, 1.82) is 0 Å². The molecule has 9 nitrogen and oxygen atoms in total. The number of benzene rings is 3. The molecule has 2 aliphatic rings. The van der Waals surface area contributed by atoms with Gasteiger partial charge in [0.1, 0.15) is 17.2 Å². The van der Waals surface area contributed by atoms with E-state index < -0.39 is 11.3 Å². The Hall–Kier alpha value is -5.16. The van der Waals surface area contributed by atoms with Crippen molar-refractivity contribution in [1.82, 2.24) is 14.5 Å². The number of amides is 1. The number of nitrogen functional groups attached to an aromatic ring is 1. The van der Waals surface area contributed by atoms with E-state index in [1.54, 1.807) is 12.3 Å². The molecule has 4 N–H and O–H groups in total. The third-order valence-corrected chi connectivity index (χ3v) is 9.96. The van der Waals surface area contributed by atoms with Gasteiger partial charge in [0.05, 0.1) is 18.9 Å². The van der Waals surface area contributed by atoms with E-state index in [9.17, 15) is 9.59 Å². The van der Waals surface area contributed by atoms with Gasteiger partial charge >= 0.3 is 0 Å². The van der Waals surface area contributed by atoms with Crippen LogP contribution in [-0.2, 0) is 22.6 Å². The van der Waals surface area contributed by atoms with Crippen LogP contribution >= 0.6 is 0 Å². The number of rotatable bonds is 9. The molecule has 262 valence electrons. The van der Waals surface area contributed by atoms with Crippen molar-refractivity contribution < 1.29 is 18.7 Å². The number of nitrogens with zero attached hydrogens (tertiary/aromatic N) is 3. The maximum Gasteiger partial charge on any atom is 0.254 e. The van der Waals surface area contributed by atoms with Crippen LogP contribution in [0.5, 0.6) is 0 Å². The van der Waals surface area contributed by atoms with Crippen molar-refractivity contribution in [2.24, 2.45) is 11.7 Å². The lowest BCUT2D eigenvalue weighted by molar-refractivity contribution is 0.0337. The van der Waals surface area contributed by atoms with Gasteiger partial charge in [0, 0.05) is 74.0 Å². The highest BCUT2D eigenvalue weighted by Crippen LogP contribution is 2.34. The topological polar surface area (TPSA) is 126 Å². The molecule has 10 heteroatoms. The van der Waals surface area contributed by atoms with E-state index in [1.807, 2.05) is 84.4 Å². The van der Waals surface area contributed by atoms with Gasteiger partial charge in [-0.2, -0.15) is 0 Å². The van der Waals surface area contributed by atoms with E-state index in [0.717, 1.165) is 48.2 Å². The molecule has 3 aromatic carbocycles. The molecule has 0 spiro atoms. The molecule has 0 bridgehead atoms. The molecule has 1 amide bonds. The Kier molecular flexibility index (Phi) is 10.1. The summed E-state index contributed by atoms with van der Waals surface area (Å²) in [6, 6.07) is 22.4. The molecule has 51 heavy (non-hydrogen) atoms. The minimum atomic E-state index is -0.780. The number of nitrogens with two attached hydrogens (primary N) is 2. The summed E-state index contributed by atoms with van der Waals surface area (Å²) < 4.78 is 28.3. The molecule has 2 aliphatic heterocycles. The predicted molar refractivity (Wildman–Crippen MR) is 198 cm³/mol. The van der Waals surface area contributed by atoms with Gasteiger partial charge in [-0.05, 0) is 60.1 Å². The molecule has 2 saturated heterocycles. The maximum atomic E-state index is 15.3. The highest BCUT2D eigenvalue weighted by Gasteiger charge is 2.25. The molecule has 0 aliphatic carbocycles.